The number of benzene rings is 1. The Balaban J connectivity index is 1.53. The van der Waals surface area contributed by atoms with Crippen LogP contribution in [-0.2, 0) is 0 Å². The van der Waals surface area contributed by atoms with Crippen molar-refractivity contribution in [3.63, 3.8) is 0 Å². The summed E-state index contributed by atoms with van der Waals surface area (Å²) < 4.78 is 1.27. The minimum absolute atomic E-state index is 0.708. The van der Waals surface area contributed by atoms with Crippen LogP contribution in [0.4, 0.5) is 0 Å². The lowest BCUT2D eigenvalue weighted by Crippen LogP contribution is -2.44. The Morgan fingerprint density at radius 1 is 1.00 bits per heavy atom. The zero-order valence-corrected chi connectivity index (χ0v) is 11.5. The standard InChI is InChI=1S/C15H18BrN/c16-15-8-4-3-7-14(15)11-9-13(10-11)17-12-5-1-2-6-12/h1-4,7-8,11-13,17H,5-6,9-10H2. The van der Waals surface area contributed by atoms with Gasteiger partial charge in [-0.1, -0.05) is 46.3 Å². The van der Waals surface area contributed by atoms with Crippen LogP contribution in [0.3, 0.4) is 0 Å². The topological polar surface area (TPSA) is 12.0 Å². The summed E-state index contributed by atoms with van der Waals surface area (Å²) in [5.41, 5.74) is 1.48. The van der Waals surface area contributed by atoms with Crippen molar-refractivity contribution in [2.45, 2.75) is 43.7 Å². The summed E-state index contributed by atoms with van der Waals surface area (Å²) in [7, 11) is 0. The molecule has 1 aromatic rings. The quantitative estimate of drug-likeness (QED) is 0.830. The summed E-state index contributed by atoms with van der Waals surface area (Å²) in [6.07, 6.45) is 9.60. The van der Waals surface area contributed by atoms with Crippen LogP contribution in [0.2, 0.25) is 0 Å². The molecule has 0 bridgehead atoms. The predicted octanol–water partition coefficient (Wildman–Crippen LogP) is 4.00. The average molecular weight is 292 g/mol. The van der Waals surface area contributed by atoms with Gasteiger partial charge in [0.05, 0.1) is 0 Å². The van der Waals surface area contributed by atoms with Crippen molar-refractivity contribution in [1.82, 2.24) is 5.32 Å². The fourth-order valence-corrected chi connectivity index (χ4v) is 3.51. The van der Waals surface area contributed by atoms with Crippen molar-refractivity contribution < 1.29 is 0 Å². The molecule has 90 valence electrons. The predicted molar refractivity (Wildman–Crippen MR) is 75.2 cm³/mol. The van der Waals surface area contributed by atoms with Crippen molar-refractivity contribution in [2.24, 2.45) is 0 Å². The number of halogens is 1. The van der Waals surface area contributed by atoms with Crippen molar-refractivity contribution in [2.75, 3.05) is 0 Å². The molecule has 17 heavy (non-hydrogen) atoms. The van der Waals surface area contributed by atoms with Crippen molar-refractivity contribution in [3.05, 3.63) is 46.5 Å². The first-order valence-corrected chi connectivity index (χ1v) is 7.27. The number of nitrogens with one attached hydrogen (secondary N) is 1. The molecule has 3 rings (SSSR count). The van der Waals surface area contributed by atoms with Crippen LogP contribution in [0.5, 0.6) is 0 Å². The summed E-state index contributed by atoms with van der Waals surface area (Å²) >= 11 is 3.65. The summed E-state index contributed by atoms with van der Waals surface area (Å²) in [6.45, 7) is 0. The summed E-state index contributed by atoms with van der Waals surface area (Å²) in [6, 6.07) is 10.1. The van der Waals surface area contributed by atoms with Gasteiger partial charge in [0.25, 0.3) is 0 Å². The third kappa shape index (κ3) is 2.48. The van der Waals surface area contributed by atoms with E-state index in [2.05, 4.69) is 57.7 Å². The van der Waals surface area contributed by atoms with Crippen LogP contribution in [0.25, 0.3) is 0 Å². The maximum absolute atomic E-state index is 3.76. The zero-order chi connectivity index (χ0) is 11.7. The monoisotopic (exact) mass is 291 g/mol. The van der Waals surface area contributed by atoms with E-state index in [9.17, 15) is 0 Å². The lowest BCUT2D eigenvalue weighted by atomic mass is 9.75. The van der Waals surface area contributed by atoms with Gasteiger partial charge in [0.2, 0.25) is 0 Å². The summed E-state index contributed by atoms with van der Waals surface area (Å²) in [5, 5.41) is 3.76. The van der Waals surface area contributed by atoms with Crippen LogP contribution in [0.1, 0.15) is 37.2 Å². The molecule has 0 aliphatic heterocycles. The number of hydrogen-bond acceptors (Lipinski definition) is 1. The van der Waals surface area contributed by atoms with E-state index in [0.717, 1.165) is 12.0 Å². The molecule has 1 fully saturated rings. The molecule has 2 aliphatic carbocycles. The molecule has 0 unspecified atom stereocenters. The summed E-state index contributed by atoms with van der Waals surface area (Å²) in [5.74, 6) is 0.748. The van der Waals surface area contributed by atoms with Crippen LogP contribution in [0, 0.1) is 0 Å². The van der Waals surface area contributed by atoms with Gasteiger partial charge in [-0.25, -0.2) is 0 Å². The van der Waals surface area contributed by atoms with Crippen LogP contribution < -0.4 is 5.32 Å². The molecular weight excluding hydrogens is 274 g/mol. The normalized spacial score (nSPS) is 28.3. The fourth-order valence-electron chi connectivity index (χ4n) is 2.90. The minimum Gasteiger partial charge on any atom is -0.311 e. The van der Waals surface area contributed by atoms with Gasteiger partial charge in [-0.05, 0) is 43.2 Å². The molecule has 2 aliphatic rings. The molecule has 1 nitrogen and oxygen atoms in total. The van der Waals surface area contributed by atoms with Gasteiger partial charge in [-0.2, -0.15) is 0 Å². The molecular formula is C15H18BrN. The first kappa shape index (κ1) is 11.5. The van der Waals surface area contributed by atoms with Gasteiger partial charge in [0.15, 0.2) is 0 Å². The second-order valence-electron chi connectivity index (χ2n) is 5.19. The highest BCUT2D eigenvalue weighted by Gasteiger charge is 2.32. The summed E-state index contributed by atoms with van der Waals surface area (Å²) in [4.78, 5) is 0. The van der Waals surface area contributed by atoms with Crippen molar-refractivity contribution >= 4 is 15.9 Å². The van der Waals surface area contributed by atoms with E-state index >= 15 is 0 Å². The maximum atomic E-state index is 3.76. The van der Waals surface area contributed by atoms with Crippen molar-refractivity contribution in [1.29, 1.82) is 0 Å². The highest BCUT2D eigenvalue weighted by molar-refractivity contribution is 9.10. The molecule has 1 aromatic carbocycles. The van der Waals surface area contributed by atoms with Gasteiger partial charge in [0.1, 0.15) is 0 Å². The zero-order valence-electron chi connectivity index (χ0n) is 9.90. The van der Waals surface area contributed by atoms with E-state index in [0.29, 0.717) is 6.04 Å². The van der Waals surface area contributed by atoms with E-state index in [-0.39, 0.29) is 0 Å². The van der Waals surface area contributed by atoms with E-state index in [4.69, 9.17) is 0 Å². The van der Waals surface area contributed by atoms with Gasteiger partial charge in [0, 0.05) is 16.6 Å². The SMILES string of the molecule is Brc1ccccc1C1CC(NC2CC=CC2)C1. The Bertz CT molecular complexity index is 413. The van der Waals surface area contributed by atoms with Gasteiger partial charge < -0.3 is 5.32 Å². The molecule has 0 saturated heterocycles. The second kappa shape index (κ2) is 4.95. The molecule has 0 amide bonds. The first-order valence-electron chi connectivity index (χ1n) is 6.48. The average Bonchev–Trinajstić information content (AvgIpc) is 2.77. The third-order valence-electron chi connectivity index (χ3n) is 3.96. The lowest BCUT2D eigenvalue weighted by Gasteiger charge is -2.38. The van der Waals surface area contributed by atoms with Crippen molar-refractivity contribution in [3.8, 4) is 0 Å². The molecule has 0 heterocycles. The fraction of sp³-hybridized carbons (Fsp3) is 0.467. The second-order valence-corrected chi connectivity index (χ2v) is 6.05. The van der Waals surface area contributed by atoms with Crippen LogP contribution in [-0.4, -0.2) is 12.1 Å². The molecule has 1 N–H and O–H groups in total. The maximum Gasteiger partial charge on any atom is 0.0210 e. The Morgan fingerprint density at radius 3 is 2.41 bits per heavy atom. The molecule has 1 saturated carbocycles. The van der Waals surface area contributed by atoms with Gasteiger partial charge in [-0.15, -0.1) is 0 Å². The Morgan fingerprint density at radius 2 is 1.71 bits per heavy atom. The minimum atomic E-state index is 0.708. The van der Waals surface area contributed by atoms with Gasteiger partial charge >= 0.3 is 0 Å². The smallest absolute Gasteiger partial charge is 0.0210 e. The number of rotatable bonds is 3. The van der Waals surface area contributed by atoms with Crippen LogP contribution >= 0.6 is 15.9 Å². The van der Waals surface area contributed by atoms with E-state index < -0.39 is 0 Å². The molecule has 0 aromatic heterocycles. The lowest BCUT2D eigenvalue weighted by molar-refractivity contribution is 0.266. The largest absolute Gasteiger partial charge is 0.311 e. The van der Waals surface area contributed by atoms with Gasteiger partial charge in [-0.3, -0.25) is 0 Å². The van der Waals surface area contributed by atoms with E-state index in [1.54, 1.807) is 0 Å². The van der Waals surface area contributed by atoms with Crippen LogP contribution in [0.15, 0.2) is 40.9 Å². The molecule has 0 radical (unpaired) electrons. The molecule has 2 heteroatoms. The highest BCUT2D eigenvalue weighted by Crippen LogP contribution is 2.40. The van der Waals surface area contributed by atoms with E-state index in [1.807, 2.05) is 0 Å². The Kier molecular flexibility index (Phi) is 3.34. The first-order chi connectivity index (χ1) is 8.33. The Hall–Kier alpha value is -0.600. The molecule has 0 atom stereocenters. The number of hydrogen-bond donors (Lipinski definition) is 1. The third-order valence-corrected chi connectivity index (χ3v) is 4.68. The van der Waals surface area contributed by atoms with E-state index in [1.165, 1.54) is 35.7 Å². The molecule has 0 spiro atoms. The Labute approximate surface area is 111 Å². The highest BCUT2D eigenvalue weighted by atomic mass is 79.9.